The standard InChI is InChI=1S/C24H32ClN7O3/c1-16(2)21(15-32-6-8-35-9-7-32)27-5-4-17-10-22(34-3)20(11-19(17)25)30-24(33)31-23-14-28-18(12-26)13-29-23/h10-11,13-14,16,21,27H,4-9,15H2,1-3H3,(H2,29,30,31,33)/t21-/m0/s1. The molecule has 1 aliphatic heterocycles. The third kappa shape index (κ3) is 8.04. The fraction of sp³-hybridized carbons (Fsp3) is 0.500. The van der Waals surface area contributed by atoms with Crippen LogP contribution in [0.1, 0.15) is 25.1 Å². The van der Waals surface area contributed by atoms with Crippen LogP contribution in [0.4, 0.5) is 16.3 Å². The van der Waals surface area contributed by atoms with Gasteiger partial charge in [-0.1, -0.05) is 25.4 Å². The minimum absolute atomic E-state index is 0.162. The van der Waals surface area contributed by atoms with E-state index in [1.807, 2.05) is 12.1 Å². The number of rotatable bonds is 10. The highest BCUT2D eigenvalue weighted by Crippen LogP contribution is 2.31. The average molecular weight is 502 g/mol. The van der Waals surface area contributed by atoms with Gasteiger partial charge in [-0.2, -0.15) is 5.26 Å². The van der Waals surface area contributed by atoms with Gasteiger partial charge in [0.1, 0.15) is 11.8 Å². The fourth-order valence-electron chi connectivity index (χ4n) is 3.74. The van der Waals surface area contributed by atoms with Gasteiger partial charge in [0.25, 0.3) is 0 Å². The normalized spacial score (nSPS) is 14.9. The van der Waals surface area contributed by atoms with Crippen molar-refractivity contribution in [2.45, 2.75) is 26.3 Å². The molecular weight excluding hydrogens is 470 g/mol. The number of anilines is 2. The van der Waals surface area contributed by atoms with E-state index in [9.17, 15) is 4.79 Å². The van der Waals surface area contributed by atoms with E-state index in [4.69, 9.17) is 26.3 Å². The van der Waals surface area contributed by atoms with Crippen molar-refractivity contribution in [2.75, 3.05) is 57.1 Å². The summed E-state index contributed by atoms with van der Waals surface area (Å²) in [5, 5.41) is 18.3. The maximum absolute atomic E-state index is 12.4. The minimum Gasteiger partial charge on any atom is -0.495 e. The van der Waals surface area contributed by atoms with Gasteiger partial charge in [0, 0.05) is 30.7 Å². The fourth-order valence-corrected chi connectivity index (χ4v) is 4.00. The van der Waals surface area contributed by atoms with E-state index in [0.717, 1.165) is 51.4 Å². The van der Waals surface area contributed by atoms with Crippen LogP contribution in [0.2, 0.25) is 5.02 Å². The van der Waals surface area contributed by atoms with Crippen LogP contribution in [0.3, 0.4) is 0 Å². The zero-order chi connectivity index (χ0) is 25.2. The molecule has 0 bridgehead atoms. The molecule has 35 heavy (non-hydrogen) atoms. The SMILES string of the molecule is COc1cc(CCN[C@@H](CN2CCOCC2)C(C)C)c(Cl)cc1NC(=O)Nc1cnc(C#N)cn1. The maximum Gasteiger partial charge on any atom is 0.325 e. The molecule has 1 fully saturated rings. The first-order valence-corrected chi connectivity index (χ1v) is 12.0. The van der Waals surface area contributed by atoms with Gasteiger partial charge in [0.2, 0.25) is 0 Å². The van der Waals surface area contributed by atoms with Crippen molar-refractivity contribution >= 4 is 29.1 Å². The van der Waals surface area contributed by atoms with Crippen molar-refractivity contribution in [3.63, 3.8) is 0 Å². The van der Waals surface area contributed by atoms with Gasteiger partial charge in [0.05, 0.1) is 38.4 Å². The second-order valence-electron chi connectivity index (χ2n) is 8.59. The van der Waals surface area contributed by atoms with Crippen LogP contribution in [-0.2, 0) is 11.2 Å². The number of carbonyl (C=O) groups excluding carboxylic acids is 1. The molecular formula is C24H32ClN7O3. The van der Waals surface area contributed by atoms with Crippen LogP contribution in [0.15, 0.2) is 24.5 Å². The van der Waals surface area contributed by atoms with Crippen LogP contribution in [0, 0.1) is 17.2 Å². The van der Waals surface area contributed by atoms with Crippen LogP contribution >= 0.6 is 11.6 Å². The number of nitrogens with zero attached hydrogens (tertiary/aromatic N) is 4. The number of urea groups is 1. The number of morpholine rings is 1. The molecule has 2 heterocycles. The van der Waals surface area contributed by atoms with E-state index in [1.165, 1.54) is 19.5 Å². The average Bonchev–Trinajstić information content (AvgIpc) is 2.85. The molecule has 1 aromatic heterocycles. The number of halogens is 1. The largest absolute Gasteiger partial charge is 0.495 e. The van der Waals surface area contributed by atoms with Crippen molar-refractivity contribution in [3.8, 4) is 11.8 Å². The Morgan fingerprint density at radius 1 is 1.26 bits per heavy atom. The van der Waals surface area contributed by atoms with Crippen LogP contribution in [0.5, 0.6) is 5.75 Å². The Morgan fingerprint density at radius 2 is 2.03 bits per heavy atom. The first kappa shape index (κ1) is 26.6. The Hall–Kier alpha value is -2.97. The second kappa shape index (κ2) is 13.2. The van der Waals surface area contributed by atoms with Gasteiger partial charge in [-0.3, -0.25) is 10.2 Å². The van der Waals surface area contributed by atoms with Crippen molar-refractivity contribution in [3.05, 3.63) is 40.8 Å². The van der Waals surface area contributed by atoms with E-state index in [2.05, 4.69) is 44.7 Å². The number of hydrogen-bond donors (Lipinski definition) is 3. The highest BCUT2D eigenvalue weighted by Gasteiger charge is 2.19. The molecule has 3 rings (SSSR count). The van der Waals surface area contributed by atoms with Crippen LogP contribution in [-0.4, -0.2) is 73.4 Å². The Kier molecular flexibility index (Phi) is 10.0. The third-order valence-corrected chi connectivity index (χ3v) is 6.14. The summed E-state index contributed by atoms with van der Waals surface area (Å²) in [5.41, 5.74) is 1.52. The molecule has 0 saturated carbocycles. The van der Waals surface area contributed by atoms with Crippen molar-refractivity contribution < 1.29 is 14.3 Å². The number of benzene rings is 1. The van der Waals surface area contributed by atoms with Crippen molar-refractivity contribution in [1.82, 2.24) is 20.2 Å². The topological polar surface area (TPSA) is 124 Å². The second-order valence-corrected chi connectivity index (χ2v) is 9.00. The molecule has 0 radical (unpaired) electrons. The number of nitriles is 1. The predicted octanol–water partition coefficient (Wildman–Crippen LogP) is 3.14. The van der Waals surface area contributed by atoms with E-state index >= 15 is 0 Å². The number of carbonyl (C=O) groups is 1. The van der Waals surface area contributed by atoms with Gasteiger partial charge >= 0.3 is 6.03 Å². The van der Waals surface area contributed by atoms with Crippen LogP contribution in [0.25, 0.3) is 0 Å². The summed E-state index contributed by atoms with van der Waals surface area (Å²) in [5.74, 6) is 1.21. The van der Waals surface area contributed by atoms with Gasteiger partial charge in [-0.25, -0.2) is 14.8 Å². The van der Waals surface area contributed by atoms with Gasteiger partial charge in [-0.15, -0.1) is 0 Å². The number of aromatic nitrogens is 2. The summed E-state index contributed by atoms with van der Waals surface area (Å²) in [7, 11) is 1.54. The smallest absolute Gasteiger partial charge is 0.325 e. The number of ether oxygens (including phenoxy) is 2. The number of hydrogen-bond acceptors (Lipinski definition) is 8. The third-order valence-electron chi connectivity index (χ3n) is 5.79. The Bertz CT molecular complexity index is 1020. The van der Waals surface area contributed by atoms with Crippen LogP contribution < -0.4 is 20.7 Å². The molecule has 1 saturated heterocycles. The van der Waals surface area contributed by atoms with E-state index < -0.39 is 6.03 Å². The summed E-state index contributed by atoms with van der Waals surface area (Å²) in [6, 6.07) is 5.22. The lowest BCUT2D eigenvalue weighted by molar-refractivity contribution is 0.0310. The molecule has 1 aromatic carbocycles. The van der Waals surface area contributed by atoms with Crippen molar-refractivity contribution in [1.29, 1.82) is 5.26 Å². The number of nitrogens with one attached hydrogen (secondary N) is 3. The quantitative estimate of drug-likeness (QED) is 0.453. The molecule has 0 aliphatic carbocycles. The Balaban J connectivity index is 1.57. The Labute approximate surface area is 211 Å². The minimum atomic E-state index is -0.532. The highest BCUT2D eigenvalue weighted by molar-refractivity contribution is 6.31. The van der Waals surface area contributed by atoms with E-state index in [1.54, 1.807) is 6.07 Å². The lowest BCUT2D eigenvalue weighted by Crippen LogP contribution is -2.48. The van der Waals surface area contributed by atoms with Gasteiger partial charge < -0.3 is 20.1 Å². The summed E-state index contributed by atoms with van der Waals surface area (Å²) >= 11 is 6.54. The lowest BCUT2D eigenvalue weighted by Gasteiger charge is -2.32. The summed E-state index contributed by atoms with van der Waals surface area (Å²) < 4.78 is 10.9. The van der Waals surface area contributed by atoms with E-state index in [-0.39, 0.29) is 11.5 Å². The molecule has 2 aromatic rings. The summed E-state index contributed by atoms with van der Waals surface area (Å²) in [6.45, 7) is 9.72. The van der Waals surface area contributed by atoms with Gasteiger partial charge in [0.15, 0.2) is 11.5 Å². The Morgan fingerprint density at radius 3 is 2.66 bits per heavy atom. The molecule has 3 N–H and O–H groups in total. The lowest BCUT2D eigenvalue weighted by atomic mass is 10.0. The molecule has 11 heteroatoms. The first-order valence-electron chi connectivity index (χ1n) is 11.6. The van der Waals surface area contributed by atoms with Crippen molar-refractivity contribution in [2.24, 2.45) is 5.92 Å². The maximum atomic E-state index is 12.4. The molecule has 1 aliphatic rings. The predicted molar refractivity (Wildman–Crippen MR) is 135 cm³/mol. The van der Waals surface area contributed by atoms with Gasteiger partial charge in [-0.05, 0) is 36.6 Å². The zero-order valence-corrected chi connectivity index (χ0v) is 21.1. The number of methoxy groups -OCH3 is 1. The highest BCUT2D eigenvalue weighted by atomic mass is 35.5. The molecule has 0 unspecified atom stereocenters. The molecule has 188 valence electrons. The molecule has 0 spiro atoms. The molecule has 2 amide bonds. The first-order chi connectivity index (χ1) is 16.9. The molecule has 1 atom stereocenters. The van der Waals surface area contributed by atoms with E-state index in [0.29, 0.717) is 28.4 Å². The number of amides is 2. The summed E-state index contributed by atoms with van der Waals surface area (Å²) in [6.07, 6.45) is 3.30. The zero-order valence-electron chi connectivity index (χ0n) is 20.3. The summed E-state index contributed by atoms with van der Waals surface area (Å²) in [4.78, 5) is 22.7. The monoisotopic (exact) mass is 501 g/mol. The molecule has 10 nitrogen and oxygen atoms in total.